The van der Waals surface area contributed by atoms with Crippen LogP contribution in [0.15, 0.2) is 30.8 Å². The summed E-state index contributed by atoms with van der Waals surface area (Å²) >= 11 is 0. The van der Waals surface area contributed by atoms with Crippen molar-refractivity contribution < 1.29 is 5.03 Å². The maximum Gasteiger partial charge on any atom is 0.162 e. The Balaban J connectivity index is 2.96. The van der Waals surface area contributed by atoms with Gasteiger partial charge in [0.05, 0.1) is 0 Å². The molecular formula is C8H8N2O2. The van der Waals surface area contributed by atoms with Gasteiger partial charge in [0.25, 0.3) is 0 Å². The Morgan fingerprint density at radius 1 is 1.50 bits per heavy atom. The van der Waals surface area contributed by atoms with Gasteiger partial charge in [-0.25, -0.2) is 10.1 Å². The van der Waals surface area contributed by atoms with Crippen molar-refractivity contribution in [1.29, 1.82) is 0 Å². The molecule has 4 nitrogen and oxygen atoms in total. The summed E-state index contributed by atoms with van der Waals surface area (Å²) in [4.78, 5) is 10.1. The van der Waals surface area contributed by atoms with Crippen molar-refractivity contribution >= 4 is 11.8 Å². The monoisotopic (exact) mass is 164 g/mol. The highest BCUT2D eigenvalue weighted by molar-refractivity contribution is 5.64. The first kappa shape index (κ1) is 8.26. The standard InChI is InChI=1S/C8H8N2O2/c1-2-7-5-3-4-6-8(7)9-10(11)12/h2-6,9H,1H2. The van der Waals surface area contributed by atoms with Gasteiger partial charge >= 0.3 is 0 Å². The van der Waals surface area contributed by atoms with Crippen LogP contribution < -0.4 is 5.43 Å². The number of nitrogens with zero attached hydrogens (tertiary/aromatic N) is 1. The predicted molar refractivity (Wildman–Crippen MR) is 47.2 cm³/mol. The molecule has 0 heterocycles. The van der Waals surface area contributed by atoms with Crippen molar-refractivity contribution in [3.05, 3.63) is 46.5 Å². The Kier molecular flexibility index (Phi) is 2.42. The molecule has 0 aromatic heterocycles. The Morgan fingerprint density at radius 2 is 2.17 bits per heavy atom. The maximum atomic E-state index is 10.1. The molecule has 0 amide bonds. The first-order chi connectivity index (χ1) is 5.74. The van der Waals surface area contributed by atoms with Crippen molar-refractivity contribution in [1.82, 2.24) is 0 Å². The normalized spacial score (nSPS) is 9.00. The summed E-state index contributed by atoms with van der Waals surface area (Å²) in [5.74, 6) is 0. The van der Waals surface area contributed by atoms with E-state index in [0.717, 1.165) is 0 Å². The summed E-state index contributed by atoms with van der Waals surface area (Å²) in [5, 5.41) is 9.50. The molecule has 1 aromatic rings. The van der Waals surface area contributed by atoms with Crippen LogP contribution in [0.1, 0.15) is 5.56 Å². The summed E-state index contributed by atoms with van der Waals surface area (Å²) in [6, 6.07) is 6.89. The molecule has 0 radical (unpaired) electrons. The number of nitrogens with one attached hydrogen (secondary N) is 1. The molecule has 0 saturated carbocycles. The highest BCUT2D eigenvalue weighted by Gasteiger charge is 2.01. The predicted octanol–water partition coefficient (Wildman–Crippen LogP) is 1.93. The average Bonchev–Trinajstić information content (AvgIpc) is 2.04. The van der Waals surface area contributed by atoms with E-state index in [9.17, 15) is 10.1 Å². The molecule has 12 heavy (non-hydrogen) atoms. The van der Waals surface area contributed by atoms with Crippen LogP contribution in [0.4, 0.5) is 5.69 Å². The molecule has 1 rings (SSSR count). The van der Waals surface area contributed by atoms with E-state index in [1.54, 1.807) is 30.3 Å². The Hall–Kier alpha value is -1.84. The molecule has 0 bridgehead atoms. The number of hydrogen-bond donors (Lipinski definition) is 1. The van der Waals surface area contributed by atoms with Gasteiger partial charge in [-0.1, -0.05) is 30.9 Å². The number of hydrogen-bond acceptors (Lipinski definition) is 2. The molecule has 0 saturated heterocycles. The molecule has 1 aromatic carbocycles. The third kappa shape index (κ3) is 1.82. The third-order valence-corrected chi connectivity index (χ3v) is 1.39. The van der Waals surface area contributed by atoms with Crippen molar-refractivity contribution in [2.75, 3.05) is 5.43 Å². The Labute approximate surface area is 69.6 Å². The van der Waals surface area contributed by atoms with Crippen molar-refractivity contribution in [2.24, 2.45) is 0 Å². The van der Waals surface area contributed by atoms with Gasteiger partial charge in [-0.2, -0.15) is 0 Å². The highest BCUT2D eigenvalue weighted by atomic mass is 16.7. The molecule has 62 valence electrons. The average molecular weight is 164 g/mol. The lowest BCUT2D eigenvalue weighted by molar-refractivity contribution is -0.445. The molecule has 1 N–H and O–H groups in total. The van der Waals surface area contributed by atoms with Crippen LogP contribution >= 0.6 is 0 Å². The number of anilines is 1. The van der Waals surface area contributed by atoms with E-state index in [1.807, 2.05) is 0 Å². The molecule has 0 aliphatic rings. The van der Waals surface area contributed by atoms with Gasteiger partial charge in [-0.15, -0.1) is 5.43 Å². The second kappa shape index (κ2) is 3.52. The van der Waals surface area contributed by atoms with E-state index in [-0.39, 0.29) is 0 Å². The molecule has 0 spiro atoms. The van der Waals surface area contributed by atoms with Crippen molar-refractivity contribution in [3.63, 3.8) is 0 Å². The molecule has 0 unspecified atom stereocenters. The van der Waals surface area contributed by atoms with Crippen LogP contribution in [0.3, 0.4) is 0 Å². The quantitative estimate of drug-likeness (QED) is 0.548. The first-order valence-electron chi connectivity index (χ1n) is 3.36. The lowest BCUT2D eigenvalue weighted by atomic mass is 10.2. The van der Waals surface area contributed by atoms with Crippen molar-refractivity contribution in [2.45, 2.75) is 0 Å². The lowest BCUT2D eigenvalue weighted by Crippen LogP contribution is -2.08. The summed E-state index contributed by atoms with van der Waals surface area (Å²) in [6.45, 7) is 3.54. The van der Waals surface area contributed by atoms with Gasteiger partial charge in [-0.05, 0) is 6.07 Å². The van der Waals surface area contributed by atoms with Crippen LogP contribution in [0.25, 0.3) is 6.08 Å². The summed E-state index contributed by atoms with van der Waals surface area (Å²) < 4.78 is 0. The van der Waals surface area contributed by atoms with E-state index in [0.29, 0.717) is 11.3 Å². The zero-order chi connectivity index (χ0) is 8.97. The van der Waals surface area contributed by atoms with E-state index in [4.69, 9.17) is 0 Å². The topological polar surface area (TPSA) is 55.2 Å². The van der Waals surface area contributed by atoms with E-state index >= 15 is 0 Å². The van der Waals surface area contributed by atoms with Gasteiger partial charge in [0.2, 0.25) is 0 Å². The van der Waals surface area contributed by atoms with E-state index in [1.165, 1.54) is 0 Å². The molecule has 0 atom stereocenters. The second-order valence-corrected chi connectivity index (χ2v) is 2.16. The zero-order valence-corrected chi connectivity index (χ0v) is 6.36. The van der Waals surface area contributed by atoms with Gasteiger partial charge < -0.3 is 0 Å². The summed E-state index contributed by atoms with van der Waals surface area (Å²) in [6.07, 6.45) is 1.56. The Bertz CT molecular complexity index is 310. The van der Waals surface area contributed by atoms with Gasteiger partial charge in [0.1, 0.15) is 5.69 Å². The minimum atomic E-state index is -0.595. The minimum Gasteiger partial charge on any atom is -0.235 e. The Morgan fingerprint density at radius 3 is 2.75 bits per heavy atom. The third-order valence-electron chi connectivity index (χ3n) is 1.39. The van der Waals surface area contributed by atoms with Crippen LogP contribution in [0.5, 0.6) is 0 Å². The smallest absolute Gasteiger partial charge is 0.162 e. The number of hydrazine groups is 1. The zero-order valence-electron chi connectivity index (χ0n) is 6.36. The van der Waals surface area contributed by atoms with Gasteiger partial charge in [0, 0.05) is 5.56 Å². The molecule has 0 fully saturated rings. The fourth-order valence-corrected chi connectivity index (χ4v) is 0.875. The number of benzene rings is 1. The summed E-state index contributed by atoms with van der Waals surface area (Å²) in [5.41, 5.74) is 3.25. The van der Waals surface area contributed by atoms with Gasteiger partial charge in [0.15, 0.2) is 5.03 Å². The van der Waals surface area contributed by atoms with Crippen LogP contribution in [0, 0.1) is 10.1 Å². The fourth-order valence-electron chi connectivity index (χ4n) is 0.875. The second-order valence-electron chi connectivity index (χ2n) is 2.16. The van der Waals surface area contributed by atoms with Crippen LogP contribution in [0.2, 0.25) is 0 Å². The number of nitro groups is 1. The highest BCUT2D eigenvalue weighted by Crippen LogP contribution is 2.15. The molecule has 0 aliphatic carbocycles. The van der Waals surface area contributed by atoms with E-state index in [2.05, 4.69) is 12.0 Å². The first-order valence-corrected chi connectivity index (χ1v) is 3.36. The number of para-hydroxylation sites is 1. The number of rotatable bonds is 3. The molecule has 4 heteroatoms. The summed E-state index contributed by atoms with van der Waals surface area (Å²) in [7, 11) is 0. The van der Waals surface area contributed by atoms with Crippen molar-refractivity contribution in [3.8, 4) is 0 Å². The van der Waals surface area contributed by atoms with Crippen LogP contribution in [-0.4, -0.2) is 5.03 Å². The lowest BCUT2D eigenvalue weighted by Gasteiger charge is -2.00. The van der Waals surface area contributed by atoms with Gasteiger partial charge in [-0.3, -0.25) is 0 Å². The van der Waals surface area contributed by atoms with Crippen LogP contribution in [-0.2, 0) is 0 Å². The molecule has 0 aliphatic heterocycles. The largest absolute Gasteiger partial charge is 0.235 e. The fraction of sp³-hybridized carbons (Fsp3) is 0. The minimum absolute atomic E-state index is 0.456. The van der Waals surface area contributed by atoms with E-state index < -0.39 is 5.03 Å². The molecular weight excluding hydrogens is 156 g/mol. The maximum absolute atomic E-state index is 10.1. The SMILES string of the molecule is C=Cc1ccccc1N[N+](=O)[O-].